The van der Waals surface area contributed by atoms with E-state index in [9.17, 15) is 9.90 Å². The van der Waals surface area contributed by atoms with E-state index in [1.807, 2.05) is 20.8 Å². The Morgan fingerprint density at radius 3 is 2.70 bits per heavy atom. The van der Waals surface area contributed by atoms with Gasteiger partial charge in [-0.15, -0.1) is 0 Å². The SMILES string of the molecule is COCCCc1cn(C)c2ccc(CC(CCN(C(=O)O)C(C)(C)C)C(C)CC3CO3)cc12. The number of aromatic nitrogens is 1. The van der Waals surface area contributed by atoms with Crippen LogP contribution in [0.3, 0.4) is 0 Å². The molecule has 1 N–H and O–H groups in total. The first kappa shape index (κ1) is 25.6. The Morgan fingerprint density at radius 2 is 2.09 bits per heavy atom. The van der Waals surface area contributed by atoms with Crippen molar-refractivity contribution in [3.05, 3.63) is 35.5 Å². The summed E-state index contributed by atoms with van der Waals surface area (Å²) in [5.74, 6) is 0.872. The summed E-state index contributed by atoms with van der Waals surface area (Å²) in [4.78, 5) is 13.4. The molecule has 1 amide bonds. The second-order valence-electron chi connectivity index (χ2n) is 10.7. The first-order valence-electron chi connectivity index (χ1n) is 12.3. The second kappa shape index (κ2) is 10.9. The number of benzene rings is 1. The Balaban J connectivity index is 1.79. The van der Waals surface area contributed by atoms with Crippen molar-refractivity contribution in [1.82, 2.24) is 9.47 Å². The van der Waals surface area contributed by atoms with Gasteiger partial charge in [-0.3, -0.25) is 0 Å². The third-order valence-electron chi connectivity index (χ3n) is 7.03. The zero-order valence-electron chi connectivity index (χ0n) is 21.3. The average molecular weight is 459 g/mol. The van der Waals surface area contributed by atoms with Crippen molar-refractivity contribution in [2.75, 3.05) is 26.9 Å². The average Bonchev–Trinajstić information content (AvgIpc) is 3.49. The van der Waals surface area contributed by atoms with E-state index in [1.54, 1.807) is 12.0 Å². The van der Waals surface area contributed by atoms with Crippen molar-refractivity contribution < 1.29 is 19.4 Å². The van der Waals surface area contributed by atoms with E-state index in [1.165, 1.54) is 22.0 Å². The molecule has 0 aliphatic carbocycles. The Hall–Kier alpha value is -2.05. The van der Waals surface area contributed by atoms with E-state index in [0.717, 1.165) is 45.3 Å². The van der Waals surface area contributed by atoms with E-state index in [2.05, 4.69) is 42.9 Å². The number of carboxylic acid groups (broad SMARTS) is 1. The van der Waals surface area contributed by atoms with Crippen LogP contribution in [0.5, 0.6) is 0 Å². The lowest BCUT2D eigenvalue weighted by molar-refractivity contribution is 0.0927. The molecule has 1 fully saturated rings. The number of epoxide rings is 1. The highest BCUT2D eigenvalue weighted by Gasteiger charge is 2.31. The smallest absolute Gasteiger partial charge is 0.407 e. The molecule has 6 nitrogen and oxygen atoms in total. The van der Waals surface area contributed by atoms with Gasteiger partial charge in [-0.1, -0.05) is 13.0 Å². The van der Waals surface area contributed by atoms with Gasteiger partial charge >= 0.3 is 6.09 Å². The van der Waals surface area contributed by atoms with Crippen LogP contribution in [0, 0.1) is 11.8 Å². The topological polar surface area (TPSA) is 67.2 Å². The normalized spacial score (nSPS) is 17.8. The third kappa shape index (κ3) is 6.97. The molecule has 0 spiro atoms. The first-order chi connectivity index (χ1) is 15.6. The number of fused-ring (bicyclic) bond motifs is 1. The molecule has 3 unspecified atom stereocenters. The van der Waals surface area contributed by atoms with Gasteiger partial charge in [0.05, 0.1) is 12.7 Å². The van der Waals surface area contributed by atoms with E-state index in [-0.39, 0.29) is 0 Å². The summed E-state index contributed by atoms with van der Waals surface area (Å²) in [6, 6.07) is 6.83. The van der Waals surface area contributed by atoms with E-state index in [0.29, 0.717) is 24.5 Å². The molecule has 3 rings (SSSR count). The van der Waals surface area contributed by atoms with Crippen molar-refractivity contribution in [2.24, 2.45) is 18.9 Å². The molecule has 1 saturated heterocycles. The summed E-state index contributed by atoms with van der Waals surface area (Å²) in [7, 11) is 3.86. The Labute approximate surface area is 198 Å². The monoisotopic (exact) mass is 458 g/mol. The molecule has 3 atom stereocenters. The van der Waals surface area contributed by atoms with Crippen LogP contribution in [-0.4, -0.2) is 59.2 Å². The van der Waals surface area contributed by atoms with Crippen LogP contribution in [-0.2, 0) is 29.4 Å². The van der Waals surface area contributed by atoms with Gasteiger partial charge in [-0.2, -0.15) is 0 Å². The van der Waals surface area contributed by atoms with Crippen LogP contribution in [0.1, 0.15) is 58.1 Å². The number of rotatable bonds is 12. The van der Waals surface area contributed by atoms with Crippen LogP contribution in [0.15, 0.2) is 24.4 Å². The van der Waals surface area contributed by atoms with Gasteiger partial charge in [0, 0.05) is 49.9 Å². The van der Waals surface area contributed by atoms with Crippen molar-refractivity contribution in [3.63, 3.8) is 0 Å². The van der Waals surface area contributed by atoms with Gasteiger partial charge in [-0.05, 0) is 88.0 Å². The number of aryl methyl sites for hydroxylation is 2. The zero-order chi connectivity index (χ0) is 24.2. The molecule has 1 aliphatic rings. The molecule has 33 heavy (non-hydrogen) atoms. The number of amides is 1. The lowest BCUT2D eigenvalue weighted by Gasteiger charge is -2.35. The molecule has 0 radical (unpaired) electrons. The highest BCUT2D eigenvalue weighted by molar-refractivity contribution is 5.84. The maximum Gasteiger partial charge on any atom is 0.407 e. The predicted molar refractivity (Wildman–Crippen MR) is 133 cm³/mol. The molecular formula is C27H42N2O4. The fraction of sp³-hybridized carbons (Fsp3) is 0.667. The summed E-state index contributed by atoms with van der Waals surface area (Å²) in [6.07, 6.45) is 6.64. The largest absolute Gasteiger partial charge is 0.465 e. The van der Waals surface area contributed by atoms with Crippen molar-refractivity contribution in [1.29, 1.82) is 0 Å². The predicted octanol–water partition coefficient (Wildman–Crippen LogP) is 5.51. The quantitative estimate of drug-likeness (QED) is 0.336. The number of nitrogens with zero attached hydrogens (tertiary/aromatic N) is 2. The summed E-state index contributed by atoms with van der Waals surface area (Å²) in [5.41, 5.74) is 3.55. The standard InChI is InChI=1S/C27H42N2O4/c1-19(14-23-18-33-23)21(11-12-29(26(30)31)27(2,3)4)15-20-9-10-25-24(16-20)22(17-28(25)5)8-7-13-32-6/h9-10,16-17,19,21,23H,7-8,11-15,18H2,1-6H3,(H,30,31). The van der Waals surface area contributed by atoms with Crippen LogP contribution in [0.4, 0.5) is 4.79 Å². The number of hydrogen-bond donors (Lipinski definition) is 1. The molecule has 1 aromatic carbocycles. The molecule has 6 heteroatoms. The fourth-order valence-electron chi connectivity index (χ4n) is 4.97. The van der Waals surface area contributed by atoms with Crippen LogP contribution >= 0.6 is 0 Å². The second-order valence-corrected chi connectivity index (χ2v) is 10.7. The summed E-state index contributed by atoms with van der Waals surface area (Å²) in [5, 5.41) is 11.1. The molecule has 184 valence electrons. The van der Waals surface area contributed by atoms with Gasteiger partial charge < -0.3 is 24.0 Å². The molecule has 2 heterocycles. The van der Waals surface area contributed by atoms with E-state index in [4.69, 9.17) is 9.47 Å². The maximum atomic E-state index is 11.9. The minimum absolute atomic E-state index is 0.379. The Bertz CT molecular complexity index is 926. The third-order valence-corrected chi connectivity index (χ3v) is 7.03. The first-order valence-corrected chi connectivity index (χ1v) is 12.3. The van der Waals surface area contributed by atoms with Crippen LogP contribution in [0.25, 0.3) is 10.9 Å². The molecule has 2 aromatic rings. The number of methoxy groups -OCH3 is 1. The summed E-state index contributed by atoms with van der Waals surface area (Å²) < 4.78 is 13.0. The fourth-order valence-corrected chi connectivity index (χ4v) is 4.97. The zero-order valence-corrected chi connectivity index (χ0v) is 21.3. The minimum Gasteiger partial charge on any atom is -0.465 e. The van der Waals surface area contributed by atoms with Crippen LogP contribution in [0.2, 0.25) is 0 Å². The molecular weight excluding hydrogens is 416 g/mol. The molecule has 0 bridgehead atoms. The number of ether oxygens (including phenoxy) is 2. The highest BCUT2D eigenvalue weighted by Crippen LogP contribution is 2.32. The van der Waals surface area contributed by atoms with E-state index < -0.39 is 11.6 Å². The van der Waals surface area contributed by atoms with Gasteiger partial charge in [0.1, 0.15) is 0 Å². The maximum absolute atomic E-state index is 11.9. The summed E-state index contributed by atoms with van der Waals surface area (Å²) >= 11 is 0. The van der Waals surface area contributed by atoms with Gasteiger partial charge in [-0.25, -0.2) is 4.79 Å². The van der Waals surface area contributed by atoms with E-state index >= 15 is 0 Å². The van der Waals surface area contributed by atoms with Gasteiger partial charge in [0.25, 0.3) is 0 Å². The lowest BCUT2D eigenvalue weighted by atomic mass is 9.82. The summed E-state index contributed by atoms with van der Waals surface area (Å²) in [6.45, 7) is 10.4. The van der Waals surface area contributed by atoms with Crippen LogP contribution < -0.4 is 0 Å². The Morgan fingerprint density at radius 1 is 1.36 bits per heavy atom. The van der Waals surface area contributed by atoms with Crippen molar-refractivity contribution in [2.45, 2.75) is 71.4 Å². The Kier molecular flexibility index (Phi) is 8.46. The number of carbonyl (C=O) groups is 1. The molecule has 1 aromatic heterocycles. The molecule has 0 saturated carbocycles. The van der Waals surface area contributed by atoms with Gasteiger partial charge in [0.15, 0.2) is 0 Å². The highest BCUT2D eigenvalue weighted by atomic mass is 16.6. The lowest BCUT2D eigenvalue weighted by Crippen LogP contribution is -2.46. The van der Waals surface area contributed by atoms with Gasteiger partial charge in [0.2, 0.25) is 0 Å². The van der Waals surface area contributed by atoms with Crippen molar-refractivity contribution >= 4 is 17.0 Å². The minimum atomic E-state index is -0.842. The van der Waals surface area contributed by atoms with Crippen molar-refractivity contribution in [3.8, 4) is 0 Å². The number of hydrogen-bond acceptors (Lipinski definition) is 3. The molecule has 1 aliphatic heterocycles.